The number of aryl methyl sites for hydroxylation is 1. The zero-order chi connectivity index (χ0) is 25.7. The fourth-order valence-corrected chi connectivity index (χ4v) is 4.31. The normalized spacial score (nSPS) is 18.4. The summed E-state index contributed by atoms with van der Waals surface area (Å²) in [4.78, 5) is 20.8. The van der Waals surface area contributed by atoms with Gasteiger partial charge in [-0.1, -0.05) is 6.07 Å². The Morgan fingerprint density at radius 3 is 2.72 bits per heavy atom. The molecule has 1 atom stereocenters. The molecule has 2 fully saturated rings. The van der Waals surface area contributed by atoms with Crippen LogP contribution in [0, 0.1) is 6.92 Å². The fraction of sp³-hybridized carbons (Fsp3) is 0.500. The Labute approximate surface area is 207 Å². The van der Waals surface area contributed by atoms with Gasteiger partial charge < -0.3 is 30.3 Å². The third kappa shape index (κ3) is 6.77. The van der Waals surface area contributed by atoms with E-state index < -0.39 is 18.5 Å². The van der Waals surface area contributed by atoms with E-state index in [-0.39, 0.29) is 26.1 Å². The highest BCUT2D eigenvalue weighted by atomic mass is 19.4. The molecule has 0 spiro atoms. The minimum atomic E-state index is -4.72. The molecule has 2 amide bonds. The summed E-state index contributed by atoms with van der Waals surface area (Å²) in [6.07, 6.45) is -5.67. The maximum absolute atomic E-state index is 12.7. The van der Waals surface area contributed by atoms with E-state index in [1.165, 1.54) is 4.90 Å². The number of aliphatic hydroxyl groups is 1. The Bertz CT molecular complexity index is 1060. The number of likely N-dealkylation sites (tertiary alicyclic amines) is 1. The van der Waals surface area contributed by atoms with Crippen LogP contribution in [0.3, 0.4) is 0 Å². The summed E-state index contributed by atoms with van der Waals surface area (Å²) >= 11 is 0. The number of hydrogen-bond donors (Lipinski definition) is 3. The highest BCUT2D eigenvalue weighted by molar-refractivity contribution is 5.91. The van der Waals surface area contributed by atoms with Gasteiger partial charge in [0, 0.05) is 38.4 Å². The van der Waals surface area contributed by atoms with E-state index in [0.717, 1.165) is 22.5 Å². The lowest BCUT2D eigenvalue weighted by atomic mass is 10.00. The quantitative estimate of drug-likeness (QED) is 0.526. The Morgan fingerprint density at radius 1 is 1.22 bits per heavy atom. The van der Waals surface area contributed by atoms with Gasteiger partial charge in [0.2, 0.25) is 0 Å². The van der Waals surface area contributed by atoms with Crippen molar-refractivity contribution in [1.82, 2.24) is 9.88 Å². The molecular formula is C24H30F3N5O4. The molecule has 36 heavy (non-hydrogen) atoms. The first-order valence-electron chi connectivity index (χ1n) is 11.8. The number of ether oxygens (including phenoxy) is 2. The largest absolute Gasteiger partial charge is 0.522 e. The summed E-state index contributed by atoms with van der Waals surface area (Å²) in [5.74, 6) is 1.39. The van der Waals surface area contributed by atoms with Crippen LogP contribution in [0.1, 0.15) is 12.0 Å². The Balaban J connectivity index is 1.53. The lowest BCUT2D eigenvalue weighted by Gasteiger charge is -2.28. The van der Waals surface area contributed by atoms with Crippen LogP contribution in [0.4, 0.5) is 35.3 Å². The van der Waals surface area contributed by atoms with Crippen molar-refractivity contribution in [2.45, 2.75) is 25.8 Å². The molecule has 9 nitrogen and oxygen atoms in total. The number of hydrogen-bond acceptors (Lipinski definition) is 7. The number of benzene rings is 1. The number of rotatable bonds is 7. The number of morpholine rings is 1. The summed E-state index contributed by atoms with van der Waals surface area (Å²) < 4.78 is 47.0. The zero-order valence-electron chi connectivity index (χ0n) is 20.0. The van der Waals surface area contributed by atoms with Crippen molar-refractivity contribution in [3.63, 3.8) is 0 Å². The molecule has 3 N–H and O–H groups in total. The van der Waals surface area contributed by atoms with Crippen molar-refractivity contribution >= 4 is 23.4 Å². The molecule has 2 aliphatic rings. The lowest BCUT2D eigenvalue weighted by molar-refractivity contribution is -0.340. The standard InChI is InChI=1S/C24H30F3N5O4/c1-16-2-3-18(29-23(34)32-6-4-19(15-32)36-24(25,26)27)14-20(16)17-12-21(28-5-9-33)30-22(13-17)31-7-10-35-11-8-31/h2-3,12-14,19,33H,4-11,15H2,1H3,(H,28,30)(H,29,34)/t19-/m1/s1. The highest BCUT2D eigenvalue weighted by Gasteiger charge is 2.37. The fourth-order valence-electron chi connectivity index (χ4n) is 4.31. The van der Waals surface area contributed by atoms with Gasteiger partial charge in [0.15, 0.2) is 0 Å². The van der Waals surface area contributed by atoms with Gasteiger partial charge in [0.25, 0.3) is 0 Å². The summed E-state index contributed by atoms with van der Waals surface area (Å²) in [7, 11) is 0. The number of carbonyl (C=O) groups excluding carboxylic acids is 1. The summed E-state index contributed by atoms with van der Waals surface area (Å²) in [6.45, 7) is 4.95. The second-order valence-electron chi connectivity index (χ2n) is 8.73. The van der Waals surface area contributed by atoms with Gasteiger partial charge in [-0.3, -0.25) is 4.74 Å². The Kier molecular flexibility index (Phi) is 8.17. The van der Waals surface area contributed by atoms with Crippen molar-refractivity contribution in [3.05, 3.63) is 35.9 Å². The number of urea groups is 1. The topological polar surface area (TPSA) is 99.2 Å². The van der Waals surface area contributed by atoms with Crippen LogP contribution in [-0.4, -0.2) is 86.0 Å². The molecule has 0 unspecified atom stereocenters. The average molecular weight is 510 g/mol. The van der Waals surface area contributed by atoms with E-state index >= 15 is 0 Å². The molecule has 196 valence electrons. The number of aromatic nitrogens is 1. The van der Waals surface area contributed by atoms with Crippen LogP contribution < -0.4 is 15.5 Å². The molecule has 2 saturated heterocycles. The van der Waals surface area contributed by atoms with Crippen molar-refractivity contribution in [2.24, 2.45) is 0 Å². The van der Waals surface area contributed by atoms with E-state index in [4.69, 9.17) is 4.74 Å². The number of alkyl halides is 3. The second kappa shape index (κ2) is 11.3. The molecule has 0 bridgehead atoms. The summed E-state index contributed by atoms with van der Waals surface area (Å²) in [5, 5.41) is 15.1. The van der Waals surface area contributed by atoms with Crippen LogP contribution in [-0.2, 0) is 9.47 Å². The number of halogens is 3. The Hall–Kier alpha value is -3.09. The minimum Gasteiger partial charge on any atom is -0.395 e. The molecule has 0 aliphatic carbocycles. The molecular weight excluding hydrogens is 479 g/mol. The number of anilines is 3. The summed E-state index contributed by atoms with van der Waals surface area (Å²) in [5.41, 5.74) is 3.24. The van der Waals surface area contributed by atoms with E-state index in [1.807, 2.05) is 31.2 Å². The number of carbonyl (C=O) groups is 1. The van der Waals surface area contributed by atoms with Crippen molar-refractivity contribution < 1.29 is 32.5 Å². The first-order valence-corrected chi connectivity index (χ1v) is 11.8. The third-order valence-corrected chi connectivity index (χ3v) is 6.10. The molecule has 1 aromatic carbocycles. The molecule has 2 aliphatic heterocycles. The Morgan fingerprint density at radius 2 is 2.00 bits per heavy atom. The monoisotopic (exact) mass is 509 g/mol. The van der Waals surface area contributed by atoms with Crippen LogP contribution in [0.15, 0.2) is 30.3 Å². The zero-order valence-corrected chi connectivity index (χ0v) is 20.0. The van der Waals surface area contributed by atoms with Gasteiger partial charge in [-0.2, -0.15) is 0 Å². The SMILES string of the molecule is Cc1ccc(NC(=O)N2CC[C@@H](OC(F)(F)F)C2)cc1-c1cc(NCCO)nc(N2CCOCC2)c1. The van der Waals surface area contributed by atoms with Gasteiger partial charge in [0.05, 0.1) is 25.9 Å². The van der Waals surface area contributed by atoms with E-state index in [1.54, 1.807) is 6.07 Å². The van der Waals surface area contributed by atoms with Gasteiger partial charge >= 0.3 is 12.4 Å². The maximum Gasteiger partial charge on any atom is 0.522 e. The molecule has 12 heteroatoms. The van der Waals surface area contributed by atoms with Gasteiger partial charge in [-0.05, 0) is 54.3 Å². The second-order valence-corrected chi connectivity index (χ2v) is 8.73. The molecule has 3 heterocycles. The van der Waals surface area contributed by atoms with Crippen LogP contribution in [0.5, 0.6) is 0 Å². The molecule has 4 rings (SSSR count). The minimum absolute atomic E-state index is 0.0370. The van der Waals surface area contributed by atoms with Crippen LogP contribution in [0.2, 0.25) is 0 Å². The van der Waals surface area contributed by atoms with Crippen LogP contribution in [0.25, 0.3) is 11.1 Å². The molecule has 1 aromatic heterocycles. The van der Waals surface area contributed by atoms with Gasteiger partial charge in [-0.25, -0.2) is 9.78 Å². The van der Waals surface area contributed by atoms with Gasteiger partial charge in [0.1, 0.15) is 11.6 Å². The lowest BCUT2D eigenvalue weighted by Crippen LogP contribution is -2.36. The van der Waals surface area contributed by atoms with Crippen molar-refractivity contribution in [3.8, 4) is 11.1 Å². The van der Waals surface area contributed by atoms with Gasteiger partial charge in [-0.15, -0.1) is 13.2 Å². The highest BCUT2D eigenvalue weighted by Crippen LogP contribution is 2.32. The van der Waals surface area contributed by atoms with E-state index in [9.17, 15) is 23.1 Å². The van der Waals surface area contributed by atoms with Crippen LogP contribution >= 0.6 is 0 Å². The van der Waals surface area contributed by atoms with E-state index in [2.05, 4.69) is 25.3 Å². The number of aliphatic hydroxyl groups excluding tert-OH is 1. The smallest absolute Gasteiger partial charge is 0.395 e. The van der Waals surface area contributed by atoms with E-state index in [0.29, 0.717) is 44.4 Å². The molecule has 0 radical (unpaired) electrons. The molecule has 0 saturated carbocycles. The summed E-state index contributed by atoms with van der Waals surface area (Å²) in [6, 6.07) is 8.84. The third-order valence-electron chi connectivity index (χ3n) is 6.10. The number of amides is 2. The first-order chi connectivity index (χ1) is 17.2. The molecule has 2 aromatic rings. The predicted octanol–water partition coefficient (Wildman–Crippen LogP) is 3.44. The van der Waals surface area contributed by atoms with Crippen molar-refractivity contribution in [2.75, 3.05) is 68.1 Å². The predicted molar refractivity (Wildman–Crippen MR) is 129 cm³/mol. The number of pyridine rings is 1. The first kappa shape index (κ1) is 26.0. The van der Waals surface area contributed by atoms with Crippen molar-refractivity contribution in [1.29, 1.82) is 0 Å². The number of nitrogens with zero attached hydrogens (tertiary/aromatic N) is 3. The maximum atomic E-state index is 12.7. The average Bonchev–Trinajstić information content (AvgIpc) is 3.31. The number of nitrogens with one attached hydrogen (secondary N) is 2.